The Hall–Kier alpha value is -2.93. The number of benzene rings is 2. The Labute approximate surface area is 151 Å². The van der Waals surface area contributed by atoms with Gasteiger partial charge in [-0.2, -0.15) is 0 Å². The third-order valence-corrected chi connectivity index (χ3v) is 3.47. The van der Waals surface area contributed by atoms with Crippen LogP contribution < -0.4 is 20.7 Å². The summed E-state index contributed by atoms with van der Waals surface area (Å²) < 4.78 is 5.44. The van der Waals surface area contributed by atoms with Crippen molar-refractivity contribution in [2.75, 3.05) is 19.0 Å². The topological polar surface area (TPSA) is 79.5 Å². The lowest BCUT2D eigenvalue weighted by Gasteiger charge is -2.12. The molecule has 0 unspecified atom stereocenters. The Kier molecular flexibility index (Phi) is 6.47. The van der Waals surface area contributed by atoms with E-state index in [1.54, 1.807) is 55.6 Å². The first kappa shape index (κ1) is 18.4. The number of para-hydroxylation sites is 1. The maximum absolute atomic E-state index is 12.4. The second-order valence-corrected chi connectivity index (χ2v) is 5.41. The molecule has 0 atom stereocenters. The van der Waals surface area contributed by atoms with Crippen LogP contribution in [0.1, 0.15) is 27.6 Å². The quantitative estimate of drug-likeness (QED) is 0.717. The summed E-state index contributed by atoms with van der Waals surface area (Å²) in [5.74, 6) is -0.0832. The molecule has 0 aliphatic carbocycles. The SMILES string of the molecule is CCOc1ccccc1C(=O)NC(=S)Nc1cccc(C(=O)NC)c1. The monoisotopic (exact) mass is 357 g/mol. The Morgan fingerprint density at radius 3 is 2.56 bits per heavy atom. The molecule has 2 aromatic rings. The Morgan fingerprint density at radius 1 is 1.08 bits per heavy atom. The molecule has 2 rings (SSSR count). The molecule has 0 spiro atoms. The number of hydrogen-bond donors (Lipinski definition) is 3. The highest BCUT2D eigenvalue weighted by molar-refractivity contribution is 7.80. The molecule has 0 aliphatic rings. The molecule has 0 saturated heterocycles. The van der Waals surface area contributed by atoms with E-state index >= 15 is 0 Å². The van der Waals surface area contributed by atoms with Crippen molar-refractivity contribution in [2.24, 2.45) is 0 Å². The molecule has 2 amide bonds. The van der Waals surface area contributed by atoms with Gasteiger partial charge in [0.15, 0.2) is 5.11 Å². The fraction of sp³-hybridized carbons (Fsp3) is 0.167. The Morgan fingerprint density at radius 2 is 1.84 bits per heavy atom. The molecule has 3 N–H and O–H groups in total. The number of rotatable bonds is 5. The van der Waals surface area contributed by atoms with Crippen LogP contribution in [0.15, 0.2) is 48.5 Å². The maximum atomic E-state index is 12.4. The van der Waals surface area contributed by atoms with E-state index < -0.39 is 0 Å². The van der Waals surface area contributed by atoms with Crippen LogP contribution in [0.25, 0.3) is 0 Å². The Bertz CT molecular complexity index is 793. The van der Waals surface area contributed by atoms with E-state index in [-0.39, 0.29) is 16.9 Å². The summed E-state index contributed by atoms with van der Waals surface area (Å²) in [5, 5.41) is 8.18. The largest absolute Gasteiger partial charge is 0.493 e. The highest BCUT2D eigenvalue weighted by Crippen LogP contribution is 2.18. The van der Waals surface area contributed by atoms with Crippen molar-refractivity contribution in [3.63, 3.8) is 0 Å². The predicted octanol–water partition coefficient (Wildman–Crippen LogP) is 2.57. The maximum Gasteiger partial charge on any atom is 0.261 e. The van der Waals surface area contributed by atoms with Crippen molar-refractivity contribution in [1.82, 2.24) is 10.6 Å². The summed E-state index contributed by atoms with van der Waals surface area (Å²) in [6, 6.07) is 13.7. The highest BCUT2D eigenvalue weighted by Gasteiger charge is 2.13. The molecule has 0 fully saturated rings. The molecule has 2 aromatic carbocycles. The summed E-state index contributed by atoms with van der Waals surface area (Å²) in [4.78, 5) is 24.0. The molecule has 0 aliphatic heterocycles. The first-order valence-corrected chi connectivity index (χ1v) is 8.12. The Balaban J connectivity index is 2.05. The minimum absolute atomic E-state index is 0.130. The van der Waals surface area contributed by atoms with Gasteiger partial charge in [0.2, 0.25) is 0 Å². The van der Waals surface area contributed by atoms with Crippen LogP contribution in [0.4, 0.5) is 5.69 Å². The van der Waals surface area contributed by atoms with Crippen LogP contribution >= 0.6 is 12.2 Å². The number of hydrogen-bond acceptors (Lipinski definition) is 4. The minimum atomic E-state index is -0.371. The molecule has 0 radical (unpaired) electrons. The van der Waals surface area contributed by atoms with E-state index in [1.807, 2.05) is 6.92 Å². The third-order valence-electron chi connectivity index (χ3n) is 3.27. The van der Waals surface area contributed by atoms with Gasteiger partial charge in [-0.25, -0.2) is 0 Å². The summed E-state index contributed by atoms with van der Waals surface area (Å²) in [6.45, 7) is 2.31. The van der Waals surface area contributed by atoms with Gasteiger partial charge in [-0.3, -0.25) is 14.9 Å². The molecular weight excluding hydrogens is 338 g/mol. The number of carbonyl (C=O) groups excluding carboxylic acids is 2. The van der Waals surface area contributed by atoms with Crippen LogP contribution in [0.2, 0.25) is 0 Å². The van der Waals surface area contributed by atoms with Crippen LogP contribution in [0.5, 0.6) is 5.75 Å². The van der Waals surface area contributed by atoms with E-state index in [2.05, 4.69) is 16.0 Å². The number of ether oxygens (including phenoxy) is 1. The van der Waals surface area contributed by atoms with Crippen molar-refractivity contribution in [2.45, 2.75) is 6.92 Å². The van der Waals surface area contributed by atoms with Gasteiger partial charge in [-0.15, -0.1) is 0 Å². The van der Waals surface area contributed by atoms with Gasteiger partial charge in [0.25, 0.3) is 11.8 Å². The van der Waals surface area contributed by atoms with Gasteiger partial charge in [0.1, 0.15) is 5.75 Å². The van der Waals surface area contributed by atoms with Crippen molar-refractivity contribution in [3.8, 4) is 5.75 Å². The zero-order valence-electron chi connectivity index (χ0n) is 14.0. The normalized spacial score (nSPS) is 9.84. The molecule has 6 nitrogen and oxygen atoms in total. The molecule has 7 heteroatoms. The van der Waals surface area contributed by atoms with Crippen molar-refractivity contribution in [3.05, 3.63) is 59.7 Å². The summed E-state index contributed by atoms with van der Waals surface area (Å²) in [6.07, 6.45) is 0. The predicted molar refractivity (Wildman–Crippen MR) is 101 cm³/mol. The average Bonchev–Trinajstić information content (AvgIpc) is 2.61. The van der Waals surface area contributed by atoms with Crippen LogP contribution in [-0.2, 0) is 0 Å². The molecule has 25 heavy (non-hydrogen) atoms. The summed E-state index contributed by atoms with van der Waals surface area (Å²) in [5.41, 5.74) is 1.49. The zero-order chi connectivity index (χ0) is 18.2. The van der Waals surface area contributed by atoms with Crippen LogP contribution in [0, 0.1) is 0 Å². The fourth-order valence-corrected chi connectivity index (χ4v) is 2.36. The number of amides is 2. The van der Waals surface area contributed by atoms with Gasteiger partial charge in [-0.1, -0.05) is 18.2 Å². The minimum Gasteiger partial charge on any atom is -0.493 e. The van der Waals surface area contributed by atoms with Crippen molar-refractivity contribution >= 4 is 34.8 Å². The zero-order valence-corrected chi connectivity index (χ0v) is 14.8. The summed E-state index contributed by atoms with van der Waals surface area (Å²) >= 11 is 5.17. The summed E-state index contributed by atoms with van der Waals surface area (Å²) in [7, 11) is 1.56. The molecule has 0 bridgehead atoms. The fourth-order valence-electron chi connectivity index (χ4n) is 2.15. The van der Waals surface area contributed by atoms with E-state index in [1.165, 1.54) is 0 Å². The lowest BCUT2D eigenvalue weighted by Crippen LogP contribution is -2.34. The van der Waals surface area contributed by atoms with Gasteiger partial charge in [0, 0.05) is 18.3 Å². The van der Waals surface area contributed by atoms with E-state index in [4.69, 9.17) is 17.0 Å². The third kappa shape index (κ3) is 5.02. The van der Waals surface area contributed by atoms with Gasteiger partial charge in [0.05, 0.1) is 12.2 Å². The molecule has 0 aromatic heterocycles. The molecule has 0 saturated carbocycles. The first-order chi connectivity index (χ1) is 12.0. The van der Waals surface area contributed by atoms with Crippen LogP contribution in [0.3, 0.4) is 0 Å². The molecule has 130 valence electrons. The van der Waals surface area contributed by atoms with E-state index in [0.29, 0.717) is 29.2 Å². The second-order valence-electron chi connectivity index (χ2n) is 5.00. The molecule has 0 heterocycles. The van der Waals surface area contributed by atoms with E-state index in [0.717, 1.165) is 0 Å². The average molecular weight is 357 g/mol. The number of thiocarbonyl (C=S) groups is 1. The second kappa shape index (κ2) is 8.79. The molecular formula is C18H19N3O3S. The lowest BCUT2D eigenvalue weighted by molar-refractivity contribution is 0.0958. The first-order valence-electron chi connectivity index (χ1n) is 7.71. The van der Waals surface area contributed by atoms with Gasteiger partial charge in [-0.05, 0) is 49.5 Å². The highest BCUT2D eigenvalue weighted by atomic mass is 32.1. The van der Waals surface area contributed by atoms with E-state index in [9.17, 15) is 9.59 Å². The number of carbonyl (C=O) groups is 2. The van der Waals surface area contributed by atoms with Gasteiger partial charge < -0.3 is 15.4 Å². The van der Waals surface area contributed by atoms with Crippen molar-refractivity contribution in [1.29, 1.82) is 0 Å². The van der Waals surface area contributed by atoms with Crippen molar-refractivity contribution < 1.29 is 14.3 Å². The lowest BCUT2D eigenvalue weighted by atomic mass is 10.2. The smallest absolute Gasteiger partial charge is 0.261 e. The standard InChI is InChI=1S/C18H19N3O3S/c1-3-24-15-10-5-4-9-14(15)17(23)21-18(25)20-13-8-6-7-12(11-13)16(22)19-2/h4-11H,3H2,1-2H3,(H,19,22)(H2,20,21,23,25). The van der Waals surface area contributed by atoms with Gasteiger partial charge >= 0.3 is 0 Å². The number of nitrogens with one attached hydrogen (secondary N) is 3. The van der Waals surface area contributed by atoms with Crippen LogP contribution in [-0.4, -0.2) is 30.6 Å². The number of anilines is 1.